The minimum absolute atomic E-state index is 0.0803. The fraction of sp³-hybridized carbons (Fsp3) is 0.0714. The van der Waals surface area contributed by atoms with Crippen LogP contribution >= 0.6 is 23.2 Å². The summed E-state index contributed by atoms with van der Waals surface area (Å²) in [6, 6.07) is 9.56. The summed E-state index contributed by atoms with van der Waals surface area (Å²) in [5.74, 6) is -0.247. The molecule has 2 N–H and O–H groups in total. The smallest absolute Gasteiger partial charge is 0.256 e. The summed E-state index contributed by atoms with van der Waals surface area (Å²) in [6.45, 7) is 1.68. The van der Waals surface area contributed by atoms with E-state index < -0.39 is 0 Å². The van der Waals surface area contributed by atoms with Crippen LogP contribution in [0.4, 0.5) is 5.69 Å². The lowest BCUT2D eigenvalue weighted by atomic mass is 10.1. The molecule has 0 atom stereocenters. The number of carbonyl (C=O) groups is 1. The maximum Gasteiger partial charge on any atom is 0.256 e. The lowest BCUT2D eigenvalue weighted by Gasteiger charge is -2.09. The van der Waals surface area contributed by atoms with Crippen LogP contribution in [0.5, 0.6) is 5.75 Å². The molecule has 0 unspecified atom stereocenters. The average molecular weight is 296 g/mol. The van der Waals surface area contributed by atoms with Crippen LogP contribution in [0, 0.1) is 6.92 Å². The summed E-state index contributed by atoms with van der Waals surface area (Å²) in [5.41, 5.74) is 1.43. The lowest BCUT2D eigenvalue weighted by Crippen LogP contribution is -2.13. The van der Waals surface area contributed by atoms with Gasteiger partial charge in [0, 0.05) is 26.9 Å². The molecule has 0 aliphatic carbocycles. The van der Waals surface area contributed by atoms with Crippen molar-refractivity contribution in [3.05, 3.63) is 57.6 Å². The first kappa shape index (κ1) is 13.7. The highest BCUT2D eigenvalue weighted by Gasteiger charge is 2.12. The Morgan fingerprint density at radius 3 is 2.42 bits per heavy atom. The molecule has 98 valence electrons. The summed E-state index contributed by atoms with van der Waals surface area (Å²) in [5, 5.41) is 13.2. The van der Waals surface area contributed by atoms with Crippen LogP contribution in [0.2, 0.25) is 10.0 Å². The third-order valence-corrected chi connectivity index (χ3v) is 3.11. The third kappa shape index (κ3) is 3.19. The maximum absolute atomic E-state index is 12.1. The lowest BCUT2D eigenvalue weighted by molar-refractivity contribution is 0.102. The molecule has 0 radical (unpaired) electrons. The first-order valence-corrected chi connectivity index (χ1v) is 6.29. The Kier molecular flexibility index (Phi) is 3.98. The van der Waals surface area contributed by atoms with Gasteiger partial charge in [-0.25, -0.2) is 0 Å². The van der Waals surface area contributed by atoms with Crippen molar-refractivity contribution in [3.8, 4) is 5.75 Å². The highest BCUT2D eigenvalue weighted by atomic mass is 35.5. The molecule has 0 aliphatic heterocycles. The summed E-state index contributed by atoms with van der Waals surface area (Å²) >= 11 is 11.7. The Bertz CT molecular complexity index is 621. The molecule has 0 bridgehead atoms. The zero-order valence-electron chi connectivity index (χ0n) is 10.1. The van der Waals surface area contributed by atoms with Crippen molar-refractivity contribution in [1.29, 1.82) is 0 Å². The van der Waals surface area contributed by atoms with Gasteiger partial charge in [-0.15, -0.1) is 0 Å². The number of anilines is 1. The molecule has 0 aromatic heterocycles. The number of hydrogen-bond acceptors (Lipinski definition) is 2. The van der Waals surface area contributed by atoms with Crippen molar-refractivity contribution in [2.24, 2.45) is 0 Å². The van der Waals surface area contributed by atoms with Gasteiger partial charge < -0.3 is 10.4 Å². The van der Waals surface area contributed by atoms with Crippen LogP contribution in [-0.2, 0) is 0 Å². The van der Waals surface area contributed by atoms with Crippen molar-refractivity contribution in [2.75, 3.05) is 5.32 Å². The van der Waals surface area contributed by atoms with E-state index in [1.807, 2.05) is 0 Å². The fourth-order valence-electron chi connectivity index (χ4n) is 1.69. The molecule has 19 heavy (non-hydrogen) atoms. The zero-order valence-corrected chi connectivity index (χ0v) is 11.6. The second-order valence-corrected chi connectivity index (χ2v) is 4.93. The minimum atomic E-state index is -0.327. The molecular weight excluding hydrogens is 285 g/mol. The highest BCUT2D eigenvalue weighted by Crippen LogP contribution is 2.24. The fourth-order valence-corrected chi connectivity index (χ4v) is 2.22. The number of phenols is 1. The van der Waals surface area contributed by atoms with Gasteiger partial charge in [0.1, 0.15) is 5.75 Å². The number of rotatable bonds is 2. The van der Waals surface area contributed by atoms with Gasteiger partial charge >= 0.3 is 0 Å². The molecular formula is C14H11Cl2NO2. The van der Waals surface area contributed by atoms with Crippen LogP contribution in [0.1, 0.15) is 15.9 Å². The molecule has 1 amide bonds. The van der Waals surface area contributed by atoms with E-state index in [1.165, 1.54) is 6.07 Å². The average Bonchev–Trinajstić information content (AvgIpc) is 2.31. The third-order valence-electron chi connectivity index (χ3n) is 2.67. The highest BCUT2D eigenvalue weighted by molar-refractivity contribution is 6.35. The summed E-state index contributed by atoms with van der Waals surface area (Å²) < 4.78 is 0. The van der Waals surface area contributed by atoms with Gasteiger partial charge in [-0.2, -0.15) is 0 Å². The van der Waals surface area contributed by atoms with E-state index in [-0.39, 0.29) is 11.7 Å². The Labute approximate surface area is 120 Å². The van der Waals surface area contributed by atoms with Gasteiger partial charge in [-0.3, -0.25) is 4.79 Å². The van der Waals surface area contributed by atoms with Crippen molar-refractivity contribution in [3.63, 3.8) is 0 Å². The second kappa shape index (κ2) is 5.51. The number of carbonyl (C=O) groups excluding carboxylic acids is 1. The van der Waals surface area contributed by atoms with E-state index in [4.69, 9.17) is 23.2 Å². The number of phenolic OH excluding ortho intramolecular Hbond substituents is 1. The Morgan fingerprint density at radius 2 is 1.79 bits per heavy atom. The number of aromatic hydroxyl groups is 1. The predicted octanol–water partition coefficient (Wildman–Crippen LogP) is 4.26. The monoisotopic (exact) mass is 295 g/mol. The first-order valence-electron chi connectivity index (χ1n) is 5.53. The number of hydrogen-bond donors (Lipinski definition) is 2. The summed E-state index contributed by atoms with van der Waals surface area (Å²) in [4.78, 5) is 12.1. The molecule has 0 spiro atoms. The number of halogens is 2. The predicted molar refractivity (Wildman–Crippen MR) is 77.3 cm³/mol. The standard InChI is InChI=1S/C14H11Cl2NO2/c1-8-12(3-2-4-13(8)18)14(19)17-11-6-9(15)5-10(16)7-11/h2-7,18H,1H3,(H,17,19). The van der Waals surface area contributed by atoms with Gasteiger partial charge in [0.25, 0.3) is 5.91 Å². The Hall–Kier alpha value is -1.71. The van der Waals surface area contributed by atoms with Gasteiger partial charge in [0.2, 0.25) is 0 Å². The molecule has 0 saturated carbocycles. The first-order chi connectivity index (χ1) is 8.97. The molecule has 0 aliphatic rings. The van der Waals surface area contributed by atoms with Gasteiger partial charge in [-0.1, -0.05) is 29.3 Å². The van der Waals surface area contributed by atoms with E-state index >= 15 is 0 Å². The molecule has 0 saturated heterocycles. The van der Waals surface area contributed by atoms with Gasteiger partial charge in [-0.05, 0) is 37.3 Å². The molecule has 3 nitrogen and oxygen atoms in total. The van der Waals surface area contributed by atoms with E-state index in [0.717, 1.165) is 0 Å². The van der Waals surface area contributed by atoms with Crippen molar-refractivity contribution in [1.82, 2.24) is 0 Å². The molecule has 2 aromatic rings. The summed E-state index contributed by atoms with van der Waals surface area (Å²) in [6.07, 6.45) is 0. The molecule has 2 rings (SSSR count). The van der Waals surface area contributed by atoms with E-state index in [9.17, 15) is 9.90 Å². The van der Waals surface area contributed by atoms with Crippen LogP contribution in [0.15, 0.2) is 36.4 Å². The molecule has 0 fully saturated rings. The normalized spacial score (nSPS) is 10.3. The molecule has 0 heterocycles. The van der Waals surface area contributed by atoms with E-state index in [1.54, 1.807) is 37.3 Å². The Balaban J connectivity index is 2.28. The molecule has 2 aromatic carbocycles. The van der Waals surface area contributed by atoms with Gasteiger partial charge in [0.05, 0.1) is 0 Å². The van der Waals surface area contributed by atoms with Crippen molar-refractivity contribution >= 4 is 34.8 Å². The quantitative estimate of drug-likeness (QED) is 0.870. The molecule has 5 heteroatoms. The van der Waals surface area contributed by atoms with E-state index in [2.05, 4.69) is 5.32 Å². The van der Waals surface area contributed by atoms with Gasteiger partial charge in [0.15, 0.2) is 0 Å². The topological polar surface area (TPSA) is 49.3 Å². The largest absolute Gasteiger partial charge is 0.508 e. The number of nitrogens with one attached hydrogen (secondary N) is 1. The van der Waals surface area contributed by atoms with Crippen LogP contribution < -0.4 is 5.32 Å². The van der Waals surface area contributed by atoms with Crippen LogP contribution in [-0.4, -0.2) is 11.0 Å². The minimum Gasteiger partial charge on any atom is -0.508 e. The summed E-state index contributed by atoms with van der Waals surface area (Å²) in [7, 11) is 0. The number of benzene rings is 2. The zero-order chi connectivity index (χ0) is 14.0. The maximum atomic E-state index is 12.1. The van der Waals surface area contributed by atoms with Crippen molar-refractivity contribution < 1.29 is 9.90 Å². The van der Waals surface area contributed by atoms with Crippen LogP contribution in [0.25, 0.3) is 0 Å². The van der Waals surface area contributed by atoms with Crippen molar-refractivity contribution in [2.45, 2.75) is 6.92 Å². The SMILES string of the molecule is Cc1c(O)cccc1C(=O)Nc1cc(Cl)cc(Cl)c1. The van der Waals surface area contributed by atoms with E-state index in [0.29, 0.717) is 26.9 Å². The van der Waals surface area contributed by atoms with Crippen LogP contribution in [0.3, 0.4) is 0 Å². The number of amides is 1. The Morgan fingerprint density at radius 1 is 1.16 bits per heavy atom. The second-order valence-electron chi connectivity index (χ2n) is 4.06.